The minimum atomic E-state index is -0.808. The number of amides is 2. The quantitative estimate of drug-likeness (QED) is 0.531. The predicted molar refractivity (Wildman–Crippen MR) is 116 cm³/mol. The van der Waals surface area contributed by atoms with Crippen LogP contribution >= 0.6 is 11.6 Å². The van der Waals surface area contributed by atoms with Gasteiger partial charge in [0, 0.05) is 5.02 Å². The van der Waals surface area contributed by atoms with Crippen molar-refractivity contribution in [1.82, 2.24) is 0 Å². The van der Waals surface area contributed by atoms with Crippen molar-refractivity contribution in [3.63, 3.8) is 0 Å². The second-order valence-corrected chi connectivity index (χ2v) is 6.94. The van der Waals surface area contributed by atoms with Crippen LogP contribution in [0.3, 0.4) is 0 Å². The molecule has 158 valence electrons. The predicted octanol–water partition coefficient (Wildman–Crippen LogP) is 4.46. The number of nitrogens with one attached hydrogen (secondary N) is 2. The molecule has 0 radical (unpaired) electrons. The van der Waals surface area contributed by atoms with Crippen LogP contribution in [-0.4, -0.2) is 24.4 Å². The van der Waals surface area contributed by atoms with Gasteiger partial charge in [0.2, 0.25) is 5.91 Å². The van der Waals surface area contributed by atoms with E-state index < -0.39 is 24.3 Å². The van der Waals surface area contributed by atoms with E-state index in [1.54, 1.807) is 18.2 Å². The Morgan fingerprint density at radius 2 is 1.52 bits per heavy atom. The lowest BCUT2D eigenvalue weighted by molar-refractivity contribution is -0.119. The van der Waals surface area contributed by atoms with Gasteiger partial charge in [-0.2, -0.15) is 0 Å². The van der Waals surface area contributed by atoms with Gasteiger partial charge in [-0.05, 0) is 35.9 Å². The molecular weight excluding hydrogens is 423 g/mol. The van der Waals surface area contributed by atoms with E-state index in [2.05, 4.69) is 10.6 Å². The number of hydrogen-bond acceptors (Lipinski definition) is 4. The molecule has 0 spiro atoms. The highest BCUT2D eigenvalue weighted by molar-refractivity contribution is 6.30. The van der Waals surface area contributed by atoms with Gasteiger partial charge in [0.15, 0.2) is 6.61 Å². The lowest BCUT2D eigenvalue weighted by Crippen LogP contribution is -2.22. The summed E-state index contributed by atoms with van der Waals surface area (Å²) in [5.41, 5.74) is 1.05. The number of para-hydroxylation sites is 1. The van der Waals surface area contributed by atoms with Crippen LogP contribution in [-0.2, 0) is 20.7 Å². The number of esters is 1. The maximum Gasteiger partial charge on any atom is 0.340 e. The fourth-order valence-electron chi connectivity index (χ4n) is 2.73. The van der Waals surface area contributed by atoms with Crippen LogP contribution in [0.4, 0.5) is 15.8 Å². The molecule has 0 aliphatic heterocycles. The van der Waals surface area contributed by atoms with E-state index in [4.69, 9.17) is 16.3 Å². The SMILES string of the molecule is O=C(COC(=O)c1ccccc1NC(=O)Cc1ccccc1)Nc1cc(Cl)ccc1F. The molecule has 0 unspecified atom stereocenters. The third-order valence-electron chi connectivity index (χ3n) is 4.17. The summed E-state index contributed by atoms with van der Waals surface area (Å²) in [5.74, 6) is -2.52. The first-order valence-electron chi connectivity index (χ1n) is 9.27. The van der Waals surface area contributed by atoms with Crippen molar-refractivity contribution in [2.45, 2.75) is 6.42 Å². The second-order valence-electron chi connectivity index (χ2n) is 6.50. The summed E-state index contributed by atoms with van der Waals surface area (Å²) in [6.07, 6.45) is 0.137. The fourth-order valence-corrected chi connectivity index (χ4v) is 2.91. The molecule has 31 heavy (non-hydrogen) atoms. The molecule has 2 amide bonds. The van der Waals surface area contributed by atoms with Crippen LogP contribution in [0.1, 0.15) is 15.9 Å². The molecular formula is C23H18ClFN2O4. The number of ether oxygens (including phenoxy) is 1. The average Bonchev–Trinajstić information content (AvgIpc) is 2.75. The normalized spacial score (nSPS) is 10.3. The largest absolute Gasteiger partial charge is 0.452 e. The highest BCUT2D eigenvalue weighted by Gasteiger charge is 2.17. The summed E-state index contributed by atoms with van der Waals surface area (Å²) in [6, 6.07) is 19.1. The van der Waals surface area contributed by atoms with Crippen molar-refractivity contribution in [3.8, 4) is 0 Å². The van der Waals surface area contributed by atoms with Crippen molar-refractivity contribution in [2.75, 3.05) is 17.2 Å². The zero-order valence-electron chi connectivity index (χ0n) is 16.2. The van der Waals surface area contributed by atoms with Gasteiger partial charge >= 0.3 is 5.97 Å². The Labute approximate surface area is 183 Å². The van der Waals surface area contributed by atoms with Gasteiger partial charge < -0.3 is 15.4 Å². The first-order chi connectivity index (χ1) is 14.9. The molecule has 0 bridgehead atoms. The molecule has 2 N–H and O–H groups in total. The average molecular weight is 441 g/mol. The summed E-state index contributed by atoms with van der Waals surface area (Å²) in [4.78, 5) is 36.8. The lowest BCUT2D eigenvalue weighted by Gasteiger charge is -2.11. The summed E-state index contributed by atoms with van der Waals surface area (Å²) in [5, 5.41) is 5.21. The lowest BCUT2D eigenvalue weighted by atomic mass is 10.1. The highest BCUT2D eigenvalue weighted by Crippen LogP contribution is 2.20. The summed E-state index contributed by atoms with van der Waals surface area (Å²) < 4.78 is 18.7. The maximum absolute atomic E-state index is 13.7. The summed E-state index contributed by atoms with van der Waals surface area (Å²) in [6.45, 7) is -0.642. The van der Waals surface area contributed by atoms with E-state index in [1.807, 2.05) is 30.3 Å². The third kappa shape index (κ3) is 6.38. The number of hydrogen-bond donors (Lipinski definition) is 2. The van der Waals surface area contributed by atoms with E-state index in [9.17, 15) is 18.8 Å². The molecule has 0 aliphatic carbocycles. The van der Waals surface area contributed by atoms with E-state index in [1.165, 1.54) is 18.2 Å². The Hall–Kier alpha value is -3.71. The molecule has 0 aliphatic rings. The molecule has 6 nitrogen and oxygen atoms in total. The van der Waals surface area contributed by atoms with Gasteiger partial charge in [0.1, 0.15) is 5.82 Å². The Morgan fingerprint density at radius 1 is 0.839 bits per heavy atom. The Bertz CT molecular complexity index is 1110. The molecule has 0 saturated heterocycles. The topological polar surface area (TPSA) is 84.5 Å². The van der Waals surface area contributed by atoms with Gasteiger partial charge in [0.25, 0.3) is 5.91 Å². The monoisotopic (exact) mass is 440 g/mol. The van der Waals surface area contributed by atoms with E-state index in [-0.39, 0.29) is 34.3 Å². The maximum atomic E-state index is 13.7. The number of anilines is 2. The molecule has 0 fully saturated rings. The molecule has 3 aromatic carbocycles. The molecule has 0 saturated carbocycles. The zero-order valence-corrected chi connectivity index (χ0v) is 17.0. The molecule has 0 aromatic heterocycles. The van der Waals surface area contributed by atoms with Gasteiger partial charge in [-0.3, -0.25) is 9.59 Å². The van der Waals surface area contributed by atoms with E-state index in [0.717, 1.165) is 11.6 Å². The van der Waals surface area contributed by atoms with Crippen molar-refractivity contribution < 1.29 is 23.5 Å². The van der Waals surface area contributed by atoms with Crippen LogP contribution in [0.25, 0.3) is 0 Å². The minimum Gasteiger partial charge on any atom is -0.452 e. The zero-order chi connectivity index (χ0) is 22.2. The van der Waals surface area contributed by atoms with Crippen LogP contribution in [0.15, 0.2) is 72.8 Å². The number of carbonyl (C=O) groups is 3. The number of halogens is 2. The molecule has 3 aromatic rings. The molecule has 3 rings (SSSR count). The van der Waals surface area contributed by atoms with Crippen molar-refractivity contribution >= 4 is 40.8 Å². The first kappa shape index (κ1) is 22.0. The van der Waals surface area contributed by atoms with Crippen molar-refractivity contribution in [3.05, 3.63) is 94.8 Å². The minimum absolute atomic E-state index is 0.0886. The standard InChI is InChI=1S/C23H18ClFN2O4/c24-16-10-11-18(25)20(13-16)27-22(29)14-31-23(30)17-8-4-5-9-19(17)26-21(28)12-15-6-2-1-3-7-15/h1-11,13H,12,14H2,(H,26,28)(H,27,29). The van der Waals surface area contributed by atoms with Crippen molar-refractivity contribution in [1.29, 1.82) is 0 Å². The number of benzene rings is 3. The molecule has 0 heterocycles. The summed E-state index contributed by atoms with van der Waals surface area (Å²) in [7, 11) is 0. The molecule has 8 heteroatoms. The van der Waals surface area contributed by atoms with Crippen LogP contribution in [0, 0.1) is 5.82 Å². The first-order valence-corrected chi connectivity index (χ1v) is 9.65. The summed E-state index contributed by atoms with van der Waals surface area (Å²) >= 11 is 5.78. The second kappa shape index (κ2) is 10.4. The highest BCUT2D eigenvalue weighted by atomic mass is 35.5. The van der Waals surface area contributed by atoms with Crippen LogP contribution in [0.5, 0.6) is 0 Å². The Balaban J connectivity index is 1.59. The van der Waals surface area contributed by atoms with E-state index in [0.29, 0.717) is 0 Å². The van der Waals surface area contributed by atoms with Gasteiger partial charge in [-0.15, -0.1) is 0 Å². The Kier molecular flexibility index (Phi) is 7.35. The number of rotatable bonds is 7. The van der Waals surface area contributed by atoms with Crippen molar-refractivity contribution in [2.24, 2.45) is 0 Å². The van der Waals surface area contributed by atoms with Gasteiger partial charge in [-0.1, -0.05) is 54.1 Å². The van der Waals surface area contributed by atoms with Gasteiger partial charge in [0.05, 0.1) is 23.4 Å². The fraction of sp³-hybridized carbons (Fsp3) is 0.0870. The van der Waals surface area contributed by atoms with Gasteiger partial charge in [-0.25, -0.2) is 9.18 Å². The molecule has 0 atom stereocenters. The van der Waals surface area contributed by atoms with Crippen LogP contribution < -0.4 is 10.6 Å². The number of carbonyl (C=O) groups excluding carboxylic acids is 3. The van der Waals surface area contributed by atoms with Crippen LogP contribution in [0.2, 0.25) is 5.02 Å². The van der Waals surface area contributed by atoms with E-state index >= 15 is 0 Å². The smallest absolute Gasteiger partial charge is 0.340 e. The Morgan fingerprint density at radius 3 is 2.29 bits per heavy atom. The third-order valence-corrected chi connectivity index (χ3v) is 4.40.